The lowest BCUT2D eigenvalue weighted by molar-refractivity contribution is -0.126. The maximum Gasteiger partial charge on any atom is 0.272 e. The normalized spacial score (nSPS) is 20.9. The van der Waals surface area contributed by atoms with Gasteiger partial charge in [0.15, 0.2) is 11.5 Å². The van der Waals surface area contributed by atoms with Crippen LogP contribution in [0.2, 0.25) is 0 Å². The molecule has 0 bridgehead atoms. The summed E-state index contributed by atoms with van der Waals surface area (Å²) in [5.74, 6) is 0.379. The largest absolute Gasteiger partial charge is 0.340 e. The summed E-state index contributed by atoms with van der Waals surface area (Å²) in [6.45, 7) is 15.7. The topological polar surface area (TPSA) is 67.2 Å². The molecule has 3 rings (SSSR count). The Balaban J connectivity index is 2.10. The van der Waals surface area contributed by atoms with Crippen LogP contribution in [-0.2, 0) is 17.9 Å². The van der Waals surface area contributed by atoms with Gasteiger partial charge in [0.05, 0.1) is 16.8 Å². The quantitative estimate of drug-likeness (QED) is 0.438. The predicted molar refractivity (Wildman–Crippen MR) is 152 cm³/mol. The summed E-state index contributed by atoms with van der Waals surface area (Å²) in [5, 5.41) is 3.74. The highest BCUT2D eigenvalue weighted by molar-refractivity contribution is 6.34. The fourth-order valence-corrected chi connectivity index (χ4v) is 5.45. The lowest BCUT2D eigenvalue weighted by Crippen LogP contribution is -2.51. The highest BCUT2D eigenvalue weighted by Gasteiger charge is 2.37. The van der Waals surface area contributed by atoms with Crippen LogP contribution in [-0.4, -0.2) is 45.3 Å². The fraction of sp³-hybridized carbons (Fsp3) is 0.633. The first kappa shape index (κ1) is 29.4. The number of allylic oxidation sites excluding steroid dienone is 6. The molecule has 6 nitrogen and oxygen atoms in total. The number of Topliss-reactive ketones (excluding diaryl/α,β-unsaturated/α-hetero) is 1. The molecule has 0 fully saturated rings. The van der Waals surface area contributed by atoms with Gasteiger partial charge < -0.3 is 9.88 Å². The maximum atomic E-state index is 13.9. The van der Waals surface area contributed by atoms with Crippen LogP contribution in [0.3, 0.4) is 0 Å². The van der Waals surface area contributed by atoms with Crippen molar-refractivity contribution in [1.29, 1.82) is 0 Å². The van der Waals surface area contributed by atoms with Gasteiger partial charge in [0.1, 0.15) is 5.82 Å². The van der Waals surface area contributed by atoms with Gasteiger partial charge in [-0.05, 0) is 58.1 Å². The number of rotatable bonds is 7. The summed E-state index contributed by atoms with van der Waals surface area (Å²) < 4.78 is 2.16. The third kappa shape index (κ3) is 6.83. The number of carbonyl (C=O) groups excluding carboxylic acids is 2. The second kappa shape index (κ2) is 12.1. The van der Waals surface area contributed by atoms with Crippen LogP contribution in [0.5, 0.6) is 0 Å². The number of hydrogen-bond acceptors (Lipinski definition) is 4. The molecule has 7 heteroatoms. The number of hydrogen-bond donors (Lipinski definition) is 1. The van der Waals surface area contributed by atoms with Crippen molar-refractivity contribution in [3.8, 4) is 0 Å². The minimum Gasteiger partial charge on any atom is -0.340 e. The van der Waals surface area contributed by atoms with Crippen molar-refractivity contribution in [1.82, 2.24) is 19.8 Å². The SMILES string of the molecule is CCCC(C)C(=O)C(NC(=O)c1nc(C2=C(Cl)C=C(C)CCC=C2)n2c1CN(C)C(C)CC2)C(C)(C)C. The maximum absolute atomic E-state index is 13.9. The van der Waals surface area contributed by atoms with Gasteiger partial charge in [-0.15, -0.1) is 0 Å². The molecular formula is C30H45ClN4O2. The number of halogens is 1. The van der Waals surface area contributed by atoms with Gasteiger partial charge in [-0.2, -0.15) is 0 Å². The van der Waals surface area contributed by atoms with Crippen molar-refractivity contribution in [3.63, 3.8) is 0 Å². The molecule has 1 N–H and O–H groups in total. The van der Waals surface area contributed by atoms with Gasteiger partial charge in [-0.25, -0.2) is 4.98 Å². The Morgan fingerprint density at radius 3 is 2.65 bits per heavy atom. The van der Waals surface area contributed by atoms with E-state index >= 15 is 0 Å². The van der Waals surface area contributed by atoms with Gasteiger partial charge >= 0.3 is 0 Å². The molecule has 2 aliphatic rings. The molecule has 0 radical (unpaired) electrons. The van der Waals surface area contributed by atoms with E-state index in [1.54, 1.807) is 0 Å². The Morgan fingerprint density at radius 2 is 2.00 bits per heavy atom. The summed E-state index contributed by atoms with van der Waals surface area (Å²) in [6, 6.07) is -0.235. The van der Waals surface area contributed by atoms with E-state index in [2.05, 4.69) is 48.7 Å². The van der Waals surface area contributed by atoms with Crippen molar-refractivity contribution in [2.24, 2.45) is 11.3 Å². The summed E-state index contributed by atoms with van der Waals surface area (Å²) in [5.41, 5.74) is 2.88. The Labute approximate surface area is 228 Å². The standard InChI is InChI=1S/C30H45ClN4O2/c1-9-12-20(3)26(36)27(30(5,6)7)33-29(37)25-24-18-34(8)21(4)15-16-35(24)28(32-25)22-14-11-10-13-19(2)17-23(22)31/h11,14,17,20-21,27H,9-10,12-13,15-16,18H2,1-8H3,(H,33,37). The zero-order chi connectivity index (χ0) is 27.5. The minimum absolute atomic E-state index is 0.0771. The third-order valence-electron chi connectivity index (χ3n) is 7.70. The third-order valence-corrected chi connectivity index (χ3v) is 8.02. The highest BCUT2D eigenvalue weighted by Crippen LogP contribution is 2.32. The smallest absolute Gasteiger partial charge is 0.272 e. The average Bonchev–Trinajstić information content (AvgIpc) is 3.08. The van der Waals surface area contributed by atoms with Gasteiger partial charge in [-0.1, -0.05) is 70.4 Å². The molecule has 2 heterocycles. The van der Waals surface area contributed by atoms with E-state index in [0.29, 0.717) is 29.1 Å². The Kier molecular flexibility index (Phi) is 9.62. The molecule has 0 saturated heterocycles. The first-order chi connectivity index (χ1) is 17.3. The summed E-state index contributed by atoms with van der Waals surface area (Å²) in [7, 11) is 2.08. The number of imidazole rings is 1. The van der Waals surface area contributed by atoms with Crippen molar-refractivity contribution < 1.29 is 9.59 Å². The fourth-order valence-electron chi connectivity index (χ4n) is 5.12. The van der Waals surface area contributed by atoms with Crippen molar-refractivity contribution in [3.05, 3.63) is 46.0 Å². The Morgan fingerprint density at radius 1 is 1.30 bits per heavy atom. The van der Waals surface area contributed by atoms with Crippen LogP contribution in [0.1, 0.15) is 103 Å². The number of ketones is 1. The molecule has 0 saturated carbocycles. The molecule has 1 aromatic rings. The van der Waals surface area contributed by atoms with Crippen molar-refractivity contribution in [2.75, 3.05) is 7.05 Å². The van der Waals surface area contributed by atoms with E-state index in [-0.39, 0.29) is 17.6 Å². The first-order valence-electron chi connectivity index (χ1n) is 13.7. The molecule has 1 aromatic heterocycles. The molecule has 1 aliphatic carbocycles. The zero-order valence-electron chi connectivity index (χ0n) is 23.9. The van der Waals surface area contributed by atoms with Gasteiger partial charge in [0.2, 0.25) is 0 Å². The Hall–Kier alpha value is -2.18. The molecule has 3 atom stereocenters. The molecule has 37 heavy (non-hydrogen) atoms. The monoisotopic (exact) mass is 528 g/mol. The van der Waals surface area contributed by atoms with E-state index in [0.717, 1.165) is 49.9 Å². The summed E-state index contributed by atoms with van der Waals surface area (Å²) in [6.07, 6.45) is 10.7. The predicted octanol–water partition coefficient (Wildman–Crippen LogP) is 6.50. The second-order valence-corrected chi connectivity index (χ2v) is 12.4. The summed E-state index contributed by atoms with van der Waals surface area (Å²) in [4.78, 5) is 34.5. The number of carbonyl (C=O) groups is 2. The zero-order valence-corrected chi connectivity index (χ0v) is 24.7. The van der Waals surface area contributed by atoms with Crippen molar-refractivity contribution >= 4 is 28.9 Å². The number of aromatic nitrogens is 2. The average molecular weight is 529 g/mol. The van der Waals surface area contributed by atoms with Crippen LogP contribution in [0.15, 0.2) is 28.8 Å². The Bertz CT molecular complexity index is 1110. The molecule has 1 aliphatic heterocycles. The van der Waals surface area contributed by atoms with Crippen molar-refractivity contribution in [2.45, 2.75) is 106 Å². The first-order valence-corrected chi connectivity index (χ1v) is 14.1. The van der Waals surface area contributed by atoms with Crippen LogP contribution >= 0.6 is 11.6 Å². The number of nitrogens with one attached hydrogen (secondary N) is 1. The van der Waals surface area contributed by atoms with Crippen LogP contribution in [0.25, 0.3) is 5.57 Å². The van der Waals surface area contributed by atoms with E-state index in [1.165, 1.54) is 5.57 Å². The molecular weight excluding hydrogens is 484 g/mol. The van der Waals surface area contributed by atoms with Crippen LogP contribution < -0.4 is 5.32 Å². The molecule has 0 aromatic carbocycles. The molecule has 0 spiro atoms. The minimum atomic E-state index is -0.598. The van der Waals surface area contributed by atoms with E-state index in [4.69, 9.17) is 16.6 Å². The molecule has 3 unspecified atom stereocenters. The van der Waals surface area contributed by atoms with Gasteiger partial charge in [0.25, 0.3) is 5.91 Å². The van der Waals surface area contributed by atoms with Crippen LogP contribution in [0, 0.1) is 11.3 Å². The molecule has 1 amide bonds. The van der Waals surface area contributed by atoms with Crippen LogP contribution in [0.4, 0.5) is 0 Å². The van der Waals surface area contributed by atoms with E-state index < -0.39 is 11.5 Å². The molecule has 204 valence electrons. The lowest BCUT2D eigenvalue weighted by Gasteiger charge is -2.32. The summed E-state index contributed by atoms with van der Waals surface area (Å²) >= 11 is 6.81. The van der Waals surface area contributed by atoms with E-state index in [9.17, 15) is 9.59 Å². The number of amides is 1. The highest BCUT2D eigenvalue weighted by atomic mass is 35.5. The van der Waals surface area contributed by atoms with Gasteiger partial charge in [-0.3, -0.25) is 14.5 Å². The second-order valence-electron chi connectivity index (χ2n) is 12.0. The number of fused-ring (bicyclic) bond motifs is 1. The lowest BCUT2D eigenvalue weighted by atomic mass is 9.79. The van der Waals surface area contributed by atoms with E-state index in [1.807, 2.05) is 39.8 Å². The number of nitrogens with zero attached hydrogens (tertiary/aromatic N) is 3. The van der Waals surface area contributed by atoms with Gasteiger partial charge in [0, 0.05) is 30.6 Å².